The van der Waals surface area contributed by atoms with Gasteiger partial charge in [0.05, 0.1) is 12.1 Å². The third-order valence-corrected chi connectivity index (χ3v) is 3.68. The van der Waals surface area contributed by atoms with Gasteiger partial charge in [-0.3, -0.25) is 4.79 Å². The van der Waals surface area contributed by atoms with Crippen LogP contribution in [0.25, 0.3) is 0 Å². The van der Waals surface area contributed by atoms with Crippen molar-refractivity contribution in [1.29, 1.82) is 0 Å². The zero-order valence-electron chi connectivity index (χ0n) is 15.3. The van der Waals surface area contributed by atoms with E-state index in [0.29, 0.717) is 19.6 Å². The Kier molecular flexibility index (Phi) is 10.7. The minimum Gasteiger partial charge on any atom is -0.494 e. The summed E-state index contributed by atoms with van der Waals surface area (Å²) in [4.78, 5) is 14.2. The van der Waals surface area contributed by atoms with E-state index in [-0.39, 0.29) is 18.3 Å². The highest BCUT2D eigenvalue weighted by atomic mass is 35.5. The fourth-order valence-corrected chi connectivity index (χ4v) is 2.29. The lowest BCUT2D eigenvalue weighted by molar-refractivity contribution is -0.126. The normalized spacial score (nSPS) is 13.1. The number of carbonyl (C=O) groups is 1. The van der Waals surface area contributed by atoms with E-state index in [0.717, 1.165) is 30.7 Å². The second kappa shape index (κ2) is 11.3. The van der Waals surface area contributed by atoms with Crippen molar-refractivity contribution in [3.05, 3.63) is 29.8 Å². The van der Waals surface area contributed by atoms with Crippen molar-refractivity contribution in [1.82, 2.24) is 10.2 Å². The molecule has 1 unspecified atom stereocenters. The summed E-state index contributed by atoms with van der Waals surface area (Å²) in [6.07, 6.45) is 2.57. The molecule has 0 aliphatic carbocycles. The maximum absolute atomic E-state index is 12.1. The first-order valence-corrected chi connectivity index (χ1v) is 8.29. The number of nitrogens with zero attached hydrogens (tertiary/aromatic N) is 1. The van der Waals surface area contributed by atoms with Gasteiger partial charge >= 0.3 is 0 Å². The number of ether oxygens (including phenoxy) is 1. The van der Waals surface area contributed by atoms with Gasteiger partial charge in [-0.05, 0) is 51.6 Å². The van der Waals surface area contributed by atoms with Crippen LogP contribution in [0.5, 0.6) is 5.75 Å². The lowest BCUT2D eigenvalue weighted by Crippen LogP contribution is -2.51. The van der Waals surface area contributed by atoms with E-state index in [1.54, 1.807) is 6.92 Å². The molecule has 0 aliphatic heterocycles. The number of halogens is 1. The van der Waals surface area contributed by atoms with Gasteiger partial charge in [0.1, 0.15) is 5.75 Å². The van der Waals surface area contributed by atoms with Gasteiger partial charge in [0.15, 0.2) is 0 Å². The third kappa shape index (κ3) is 8.52. The van der Waals surface area contributed by atoms with Gasteiger partial charge in [0.2, 0.25) is 5.91 Å². The van der Waals surface area contributed by atoms with E-state index >= 15 is 0 Å². The van der Waals surface area contributed by atoms with Gasteiger partial charge in [-0.1, -0.05) is 25.5 Å². The number of nitrogens with two attached hydrogens (primary N) is 1. The molecule has 0 fully saturated rings. The second-order valence-corrected chi connectivity index (χ2v) is 6.50. The lowest BCUT2D eigenvalue weighted by Gasteiger charge is -2.22. The average molecular weight is 358 g/mol. The predicted molar refractivity (Wildman–Crippen MR) is 102 cm³/mol. The molecule has 5 nitrogen and oxygen atoms in total. The summed E-state index contributed by atoms with van der Waals surface area (Å²) in [5.74, 6) is 0.747. The zero-order chi connectivity index (χ0) is 17.3. The van der Waals surface area contributed by atoms with Crippen molar-refractivity contribution in [3.63, 3.8) is 0 Å². The van der Waals surface area contributed by atoms with E-state index in [1.165, 1.54) is 0 Å². The molecule has 1 aromatic carbocycles. The first-order valence-electron chi connectivity index (χ1n) is 8.29. The molecule has 0 aromatic heterocycles. The van der Waals surface area contributed by atoms with Gasteiger partial charge in [0, 0.05) is 13.1 Å². The van der Waals surface area contributed by atoms with Crippen LogP contribution in [0.4, 0.5) is 0 Å². The number of amides is 1. The van der Waals surface area contributed by atoms with Crippen LogP contribution in [0.15, 0.2) is 24.3 Å². The lowest BCUT2D eigenvalue weighted by atomic mass is 9.96. The summed E-state index contributed by atoms with van der Waals surface area (Å²) < 4.78 is 5.69. The summed E-state index contributed by atoms with van der Waals surface area (Å²) >= 11 is 0. The highest BCUT2D eigenvalue weighted by molar-refractivity contribution is 5.85. The Balaban J connectivity index is 0.00000529. The molecule has 1 atom stereocenters. The Bertz CT molecular complexity index is 476. The standard InChI is InChI=1S/C18H31N3O2.ClH/c1-5-11-18(2,19)17(22)20-14-15-7-9-16(10-8-15)23-13-6-12-21(3)4;/h7-10H,5-6,11-14,19H2,1-4H3,(H,20,22);1H. The minimum atomic E-state index is -0.801. The number of benzene rings is 1. The number of carbonyl (C=O) groups excluding carboxylic acids is 1. The number of hydrogen-bond donors (Lipinski definition) is 2. The van der Waals surface area contributed by atoms with E-state index in [2.05, 4.69) is 24.3 Å². The fourth-order valence-electron chi connectivity index (χ4n) is 2.29. The van der Waals surface area contributed by atoms with Crippen LogP contribution in [-0.4, -0.2) is 43.6 Å². The van der Waals surface area contributed by atoms with Crippen LogP contribution in [0, 0.1) is 0 Å². The summed E-state index contributed by atoms with van der Waals surface area (Å²) in [5, 5.41) is 2.90. The zero-order valence-corrected chi connectivity index (χ0v) is 16.1. The van der Waals surface area contributed by atoms with Crippen molar-refractivity contribution in [3.8, 4) is 5.75 Å². The monoisotopic (exact) mass is 357 g/mol. The molecular weight excluding hydrogens is 326 g/mol. The fraction of sp³-hybridized carbons (Fsp3) is 0.611. The molecule has 3 N–H and O–H groups in total. The first kappa shape index (κ1) is 22.7. The van der Waals surface area contributed by atoms with Gasteiger partial charge < -0.3 is 20.7 Å². The van der Waals surface area contributed by atoms with Gasteiger partial charge in [0.25, 0.3) is 0 Å². The molecule has 0 saturated carbocycles. The Hall–Kier alpha value is -1.30. The van der Waals surface area contributed by atoms with Gasteiger partial charge in [-0.25, -0.2) is 0 Å². The van der Waals surface area contributed by atoms with Crippen molar-refractivity contribution < 1.29 is 9.53 Å². The maximum atomic E-state index is 12.1. The smallest absolute Gasteiger partial charge is 0.240 e. The molecule has 1 aromatic rings. The molecule has 0 aliphatic rings. The van der Waals surface area contributed by atoms with E-state index in [9.17, 15) is 4.79 Å². The maximum Gasteiger partial charge on any atom is 0.240 e. The van der Waals surface area contributed by atoms with Crippen molar-refractivity contribution in [2.45, 2.75) is 45.2 Å². The van der Waals surface area contributed by atoms with Crippen LogP contribution in [0.2, 0.25) is 0 Å². The van der Waals surface area contributed by atoms with Crippen molar-refractivity contribution in [2.24, 2.45) is 5.73 Å². The predicted octanol–water partition coefficient (Wildman–Crippen LogP) is 2.57. The molecule has 0 radical (unpaired) electrons. The summed E-state index contributed by atoms with van der Waals surface area (Å²) in [7, 11) is 4.10. The molecule has 0 saturated heterocycles. The summed E-state index contributed by atoms with van der Waals surface area (Å²) in [6.45, 7) is 6.00. The van der Waals surface area contributed by atoms with Crippen molar-refractivity contribution in [2.75, 3.05) is 27.2 Å². The number of nitrogens with one attached hydrogen (secondary N) is 1. The Morgan fingerprint density at radius 2 is 1.92 bits per heavy atom. The highest BCUT2D eigenvalue weighted by Crippen LogP contribution is 2.13. The molecule has 24 heavy (non-hydrogen) atoms. The van der Waals surface area contributed by atoms with E-state index in [1.807, 2.05) is 31.2 Å². The molecule has 1 amide bonds. The molecule has 0 spiro atoms. The van der Waals surface area contributed by atoms with Crippen LogP contribution in [0.3, 0.4) is 0 Å². The molecule has 138 valence electrons. The summed E-state index contributed by atoms with van der Waals surface area (Å²) in [5.41, 5.74) is 6.25. The molecular formula is C18H32ClN3O2. The Morgan fingerprint density at radius 1 is 1.29 bits per heavy atom. The Morgan fingerprint density at radius 3 is 2.46 bits per heavy atom. The first-order chi connectivity index (χ1) is 10.8. The van der Waals surface area contributed by atoms with Crippen LogP contribution in [-0.2, 0) is 11.3 Å². The SMILES string of the molecule is CCCC(C)(N)C(=O)NCc1ccc(OCCCN(C)C)cc1.Cl. The number of hydrogen-bond acceptors (Lipinski definition) is 4. The topological polar surface area (TPSA) is 67.6 Å². The second-order valence-electron chi connectivity index (χ2n) is 6.50. The van der Waals surface area contributed by atoms with Crippen molar-refractivity contribution >= 4 is 18.3 Å². The van der Waals surface area contributed by atoms with Gasteiger partial charge in [-0.2, -0.15) is 0 Å². The average Bonchev–Trinajstić information content (AvgIpc) is 2.50. The van der Waals surface area contributed by atoms with Crippen LogP contribution < -0.4 is 15.8 Å². The Labute approximate surface area is 152 Å². The van der Waals surface area contributed by atoms with E-state index < -0.39 is 5.54 Å². The number of rotatable bonds is 10. The molecule has 0 bridgehead atoms. The largest absolute Gasteiger partial charge is 0.494 e. The highest BCUT2D eigenvalue weighted by Gasteiger charge is 2.26. The van der Waals surface area contributed by atoms with Gasteiger partial charge in [-0.15, -0.1) is 12.4 Å². The van der Waals surface area contributed by atoms with Crippen LogP contribution >= 0.6 is 12.4 Å². The molecule has 0 heterocycles. The van der Waals surface area contributed by atoms with E-state index in [4.69, 9.17) is 10.5 Å². The quantitative estimate of drug-likeness (QED) is 0.631. The molecule has 6 heteroatoms. The summed E-state index contributed by atoms with van der Waals surface area (Å²) in [6, 6.07) is 7.81. The third-order valence-electron chi connectivity index (χ3n) is 3.68. The molecule has 1 rings (SSSR count). The minimum absolute atomic E-state index is 0. The van der Waals surface area contributed by atoms with Crippen LogP contribution in [0.1, 0.15) is 38.7 Å².